The van der Waals surface area contributed by atoms with E-state index in [1.54, 1.807) is 0 Å². The molecule has 0 aromatic carbocycles. The minimum Gasteiger partial charge on any atom is -0.373 e. The summed E-state index contributed by atoms with van der Waals surface area (Å²) < 4.78 is 5.78. The Hall–Kier alpha value is -0.590. The number of rotatable bonds is 6. The van der Waals surface area contributed by atoms with Gasteiger partial charge in [0.05, 0.1) is 18.3 Å². The van der Waals surface area contributed by atoms with Crippen LogP contribution in [0.1, 0.15) is 47.0 Å². The van der Waals surface area contributed by atoms with Gasteiger partial charge in [0.25, 0.3) is 0 Å². The summed E-state index contributed by atoms with van der Waals surface area (Å²) in [5, 5.41) is 12.5. The second-order valence-corrected chi connectivity index (χ2v) is 5.26. The highest BCUT2D eigenvalue weighted by Gasteiger charge is 2.34. The van der Waals surface area contributed by atoms with E-state index in [4.69, 9.17) is 10.00 Å². The number of nitriles is 1. The van der Waals surface area contributed by atoms with Gasteiger partial charge in [-0.15, -0.1) is 0 Å². The summed E-state index contributed by atoms with van der Waals surface area (Å²) in [6.07, 6.45) is 3.33. The van der Waals surface area contributed by atoms with Crippen molar-refractivity contribution < 1.29 is 4.74 Å². The molecule has 0 aromatic heterocycles. The topological polar surface area (TPSA) is 45.0 Å². The predicted octanol–water partition coefficient (Wildman–Crippen LogP) is 2.23. The molecule has 1 aliphatic carbocycles. The summed E-state index contributed by atoms with van der Waals surface area (Å²) in [6.45, 7) is 8.58. The third-order valence-corrected chi connectivity index (χ3v) is 2.95. The minimum absolute atomic E-state index is 0.136. The molecule has 1 rings (SSSR count). The molecule has 0 aromatic rings. The van der Waals surface area contributed by atoms with Gasteiger partial charge in [-0.25, -0.2) is 0 Å². The molecule has 1 saturated carbocycles. The molecule has 0 radical (unpaired) electrons. The highest BCUT2D eigenvalue weighted by Crippen LogP contribution is 2.23. The summed E-state index contributed by atoms with van der Waals surface area (Å²) in [5.41, 5.74) is -0.670. The fourth-order valence-electron chi connectivity index (χ4n) is 1.23. The highest BCUT2D eigenvalue weighted by atomic mass is 16.5. The Bertz CT molecular complexity index is 253. The molecule has 0 bridgehead atoms. The van der Waals surface area contributed by atoms with Crippen LogP contribution in [-0.2, 0) is 4.74 Å². The first-order chi connectivity index (χ1) is 6.91. The van der Waals surface area contributed by atoms with Gasteiger partial charge in [0.15, 0.2) is 0 Å². The molecule has 0 amide bonds. The first-order valence-electron chi connectivity index (χ1n) is 5.74. The number of nitrogens with zero attached hydrogens (tertiary/aromatic N) is 1. The van der Waals surface area contributed by atoms with Crippen molar-refractivity contribution in [2.45, 2.75) is 64.1 Å². The number of hydrogen-bond donors (Lipinski definition) is 1. The lowest BCUT2D eigenvalue weighted by molar-refractivity contribution is -0.0387. The number of hydrogen-bond acceptors (Lipinski definition) is 3. The van der Waals surface area contributed by atoms with Gasteiger partial charge in [-0.3, -0.25) is 5.32 Å². The van der Waals surface area contributed by atoms with Crippen LogP contribution in [0.4, 0.5) is 0 Å². The average molecular weight is 210 g/mol. The summed E-state index contributed by atoms with van der Waals surface area (Å²) in [5.74, 6) is 0. The monoisotopic (exact) mass is 210 g/mol. The van der Waals surface area contributed by atoms with Crippen molar-refractivity contribution >= 4 is 0 Å². The zero-order chi connectivity index (χ0) is 11.5. The van der Waals surface area contributed by atoms with Crippen LogP contribution in [-0.4, -0.2) is 23.8 Å². The van der Waals surface area contributed by atoms with Gasteiger partial charge in [0, 0.05) is 6.04 Å². The van der Waals surface area contributed by atoms with Crippen molar-refractivity contribution in [1.82, 2.24) is 5.32 Å². The number of ether oxygens (including phenoxy) is 1. The molecule has 0 saturated heterocycles. The van der Waals surface area contributed by atoms with Crippen molar-refractivity contribution in [3.8, 4) is 6.07 Å². The maximum Gasteiger partial charge on any atom is 0.127 e. The van der Waals surface area contributed by atoms with Crippen LogP contribution >= 0.6 is 0 Å². The van der Waals surface area contributed by atoms with Gasteiger partial charge < -0.3 is 4.74 Å². The van der Waals surface area contributed by atoms with Crippen LogP contribution in [0.15, 0.2) is 0 Å². The van der Waals surface area contributed by atoms with Crippen molar-refractivity contribution in [3.63, 3.8) is 0 Å². The van der Waals surface area contributed by atoms with Gasteiger partial charge in [0.2, 0.25) is 0 Å². The fraction of sp³-hybridized carbons (Fsp3) is 0.917. The molecular formula is C12H22N2O. The molecule has 1 unspecified atom stereocenters. The summed E-state index contributed by atoms with van der Waals surface area (Å²) in [6, 6.07) is 2.84. The standard InChI is InChI=1S/C12H22N2O/c1-5-11(2,3)15-9-12(4,8-13)14-10-6-7-10/h10,14H,5-7,9H2,1-4H3. The average Bonchev–Trinajstić information content (AvgIpc) is 2.99. The minimum atomic E-state index is -0.534. The summed E-state index contributed by atoms with van der Waals surface area (Å²) in [7, 11) is 0. The Balaban J connectivity index is 2.42. The van der Waals surface area contributed by atoms with Crippen LogP contribution in [0, 0.1) is 11.3 Å². The van der Waals surface area contributed by atoms with Crippen molar-refractivity contribution in [3.05, 3.63) is 0 Å². The molecule has 86 valence electrons. The molecule has 1 N–H and O–H groups in total. The van der Waals surface area contributed by atoms with Gasteiger partial charge in [-0.2, -0.15) is 5.26 Å². The molecule has 1 fully saturated rings. The first-order valence-corrected chi connectivity index (χ1v) is 5.74. The molecular weight excluding hydrogens is 188 g/mol. The molecule has 0 aliphatic heterocycles. The van der Waals surface area contributed by atoms with Crippen molar-refractivity contribution in [1.29, 1.82) is 5.26 Å². The van der Waals surface area contributed by atoms with E-state index in [1.807, 2.05) is 6.92 Å². The third kappa shape index (κ3) is 4.19. The predicted molar refractivity (Wildman–Crippen MR) is 60.5 cm³/mol. The maximum atomic E-state index is 9.14. The molecule has 3 nitrogen and oxygen atoms in total. The Morgan fingerprint density at radius 1 is 1.40 bits per heavy atom. The lowest BCUT2D eigenvalue weighted by Gasteiger charge is -2.30. The zero-order valence-corrected chi connectivity index (χ0v) is 10.3. The second-order valence-electron chi connectivity index (χ2n) is 5.26. The van der Waals surface area contributed by atoms with E-state index in [-0.39, 0.29) is 5.60 Å². The van der Waals surface area contributed by atoms with E-state index >= 15 is 0 Å². The molecule has 0 spiro atoms. The molecule has 3 heteroatoms. The lowest BCUT2D eigenvalue weighted by Crippen LogP contribution is -2.48. The SMILES string of the molecule is CCC(C)(C)OCC(C)(C#N)NC1CC1. The highest BCUT2D eigenvalue weighted by molar-refractivity contribution is 5.07. The second kappa shape index (κ2) is 4.51. The van der Waals surface area contributed by atoms with E-state index < -0.39 is 5.54 Å². The fourth-order valence-corrected chi connectivity index (χ4v) is 1.23. The zero-order valence-electron chi connectivity index (χ0n) is 10.3. The maximum absolute atomic E-state index is 9.14. The Morgan fingerprint density at radius 2 is 2.00 bits per heavy atom. The quantitative estimate of drug-likeness (QED) is 0.731. The van der Waals surface area contributed by atoms with Crippen LogP contribution in [0.25, 0.3) is 0 Å². The van der Waals surface area contributed by atoms with Crippen LogP contribution < -0.4 is 5.32 Å². The summed E-state index contributed by atoms with van der Waals surface area (Å²) >= 11 is 0. The van der Waals surface area contributed by atoms with E-state index in [2.05, 4.69) is 32.2 Å². The van der Waals surface area contributed by atoms with Gasteiger partial charge >= 0.3 is 0 Å². The van der Waals surface area contributed by atoms with Gasteiger partial charge in [-0.05, 0) is 40.0 Å². The molecule has 1 atom stereocenters. The lowest BCUT2D eigenvalue weighted by atomic mass is 10.0. The van der Waals surface area contributed by atoms with E-state index in [9.17, 15) is 0 Å². The Morgan fingerprint density at radius 3 is 2.40 bits per heavy atom. The third-order valence-electron chi connectivity index (χ3n) is 2.95. The van der Waals surface area contributed by atoms with E-state index in [1.165, 1.54) is 12.8 Å². The Labute approximate surface area is 92.8 Å². The van der Waals surface area contributed by atoms with Crippen LogP contribution in [0.2, 0.25) is 0 Å². The van der Waals surface area contributed by atoms with E-state index in [0.717, 1.165) is 6.42 Å². The van der Waals surface area contributed by atoms with Gasteiger partial charge in [-0.1, -0.05) is 6.92 Å². The van der Waals surface area contributed by atoms with Gasteiger partial charge in [0.1, 0.15) is 5.54 Å². The van der Waals surface area contributed by atoms with Crippen molar-refractivity contribution in [2.75, 3.05) is 6.61 Å². The molecule has 1 aliphatic rings. The smallest absolute Gasteiger partial charge is 0.127 e. The van der Waals surface area contributed by atoms with E-state index in [0.29, 0.717) is 12.6 Å². The first kappa shape index (κ1) is 12.5. The Kier molecular flexibility index (Phi) is 3.75. The summed E-state index contributed by atoms with van der Waals surface area (Å²) in [4.78, 5) is 0. The van der Waals surface area contributed by atoms with Crippen LogP contribution in [0.5, 0.6) is 0 Å². The van der Waals surface area contributed by atoms with Crippen molar-refractivity contribution in [2.24, 2.45) is 0 Å². The number of nitrogens with one attached hydrogen (secondary N) is 1. The molecule has 15 heavy (non-hydrogen) atoms. The molecule has 0 heterocycles. The van der Waals surface area contributed by atoms with Crippen LogP contribution in [0.3, 0.4) is 0 Å². The largest absolute Gasteiger partial charge is 0.373 e. The normalized spacial score (nSPS) is 20.7.